The van der Waals surface area contributed by atoms with E-state index in [1.165, 1.54) is 0 Å². The van der Waals surface area contributed by atoms with E-state index in [0.29, 0.717) is 19.2 Å². The number of ether oxygens (including phenoxy) is 1. The van der Waals surface area contributed by atoms with Gasteiger partial charge in [0.1, 0.15) is 5.82 Å². The fraction of sp³-hybridized carbons (Fsp3) is 0.600. The highest BCUT2D eigenvalue weighted by atomic mass is 16.5. The molecule has 0 bridgehead atoms. The van der Waals surface area contributed by atoms with Crippen molar-refractivity contribution < 1.29 is 9.53 Å². The first-order chi connectivity index (χ1) is 10.0. The molecule has 1 aromatic heterocycles. The SMILES string of the molecule is COCCNC(=O)CN(C)c1ncccc1CNC(C)C. The van der Waals surface area contributed by atoms with Crippen molar-refractivity contribution in [1.29, 1.82) is 0 Å². The van der Waals surface area contributed by atoms with Gasteiger partial charge in [-0.15, -0.1) is 0 Å². The first kappa shape index (κ1) is 17.4. The second-order valence-corrected chi connectivity index (χ2v) is 5.22. The minimum absolute atomic E-state index is 0.0389. The lowest BCUT2D eigenvalue weighted by atomic mass is 10.2. The number of nitrogens with zero attached hydrogens (tertiary/aromatic N) is 2. The Kier molecular flexibility index (Phi) is 7.71. The number of anilines is 1. The molecule has 1 aromatic rings. The summed E-state index contributed by atoms with van der Waals surface area (Å²) in [7, 11) is 3.48. The standard InChI is InChI=1S/C15H26N4O2/c1-12(2)18-10-13-6-5-7-17-15(13)19(3)11-14(20)16-8-9-21-4/h5-7,12,18H,8-11H2,1-4H3,(H,16,20). The zero-order chi connectivity index (χ0) is 15.7. The predicted octanol–water partition coefficient (Wildman–Crippen LogP) is 0.778. The zero-order valence-electron chi connectivity index (χ0n) is 13.3. The maximum atomic E-state index is 11.8. The number of likely N-dealkylation sites (N-methyl/N-ethyl adjacent to an activating group) is 1. The molecular weight excluding hydrogens is 268 g/mol. The molecule has 1 rings (SSSR count). The van der Waals surface area contributed by atoms with E-state index in [1.807, 2.05) is 24.1 Å². The van der Waals surface area contributed by atoms with Crippen LogP contribution < -0.4 is 15.5 Å². The van der Waals surface area contributed by atoms with Crippen molar-refractivity contribution in [2.24, 2.45) is 0 Å². The highest BCUT2D eigenvalue weighted by Crippen LogP contribution is 2.15. The average Bonchev–Trinajstić information content (AvgIpc) is 2.45. The largest absolute Gasteiger partial charge is 0.383 e. The number of amides is 1. The Morgan fingerprint density at radius 2 is 2.24 bits per heavy atom. The van der Waals surface area contributed by atoms with Crippen LogP contribution in [0.1, 0.15) is 19.4 Å². The van der Waals surface area contributed by atoms with Gasteiger partial charge in [-0.1, -0.05) is 19.9 Å². The summed E-state index contributed by atoms with van der Waals surface area (Å²) in [5.41, 5.74) is 1.08. The van der Waals surface area contributed by atoms with Gasteiger partial charge in [0.05, 0.1) is 13.2 Å². The third-order valence-corrected chi connectivity index (χ3v) is 2.94. The molecule has 0 saturated carbocycles. The summed E-state index contributed by atoms with van der Waals surface area (Å²) in [5, 5.41) is 6.17. The van der Waals surface area contributed by atoms with Gasteiger partial charge in [0.25, 0.3) is 0 Å². The van der Waals surface area contributed by atoms with Gasteiger partial charge in [0.15, 0.2) is 0 Å². The fourth-order valence-electron chi connectivity index (χ4n) is 1.86. The number of hydrogen-bond donors (Lipinski definition) is 2. The Balaban J connectivity index is 2.60. The average molecular weight is 294 g/mol. The summed E-state index contributed by atoms with van der Waals surface area (Å²) in [6.45, 7) is 6.24. The quantitative estimate of drug-likeness (QED) is 0.659. The van der Waals surface area contributed by atoms with Crippen molar-refractivity contribution in [3.8, 4) is 0 Å². The van der Waals surface area contributed by atoms with E-state index in [0.717, 1.165) is 17.9 Å². The molecule has 0 aromatic carbocycles. The van der Waals surface area contributed by atoms with E-state index in [9.17, 15) is 4.79 Å². The third kappa shape index (κ3) is 6.55. The predicted molar refractivity (Wildman–Crippen MR) is 84.4 cm³/mol. The van der Waals surface area contributed by atoms with Crippen molar-refractivity contribution in [1.82, 2.24) is 15.6 Å². The number of pyridine rings is 1. The highest BCUT2D eigenvalue weighted by Gasteiger charge is 2.12. The smallest absolute Gasteiger partial charge is 0.239 e. The zero-order valence-corrected chi connectivity index (χ0v) is 13.3. The molecular formula is C15H26N4O2. The van der Waals surface area contributed by atoms with Crippen LogP contribution in [-0.2, 0) is 16.1 Å². The molecule has 0 aliphatic rings. The molecule has 1 amide bonds. The van der Waals surface area contributed by atoms with Gasteiger partial charge in [-0.25, -0.2) is 4.98 Å². The van der Waals surface area contributed by atoms with Crippen molar-refractivity contribution in [3.63, 3.8) is 0 Å². The van der Waals surface area contributed by atoms with Gasteiger partial charge in [-0.2, -0.15) is 0 Å². The molecule has 6 nitrogen and oxygen atoms in total. The van der Waals surface area contributed by atoms with E-state index in [2.05, 4.69) is 29.5 Å². The van der Waals surface area contributed by atoms with Crippen molar-refractivity contribution in [2.75, 3.05) is 38.8 Å². The van der Waals surface area contributed by atoms with Gasteiger partial charge in [-0.05, 0) is 6.07 Å². The molecule has 0 fully saturated rings. The molecule has 0 saturated heterocycles. The maximum absolute atomic E-state index is 11.8. The normalized spacial score (nSPS) is 10.7. The minimum Gasteiger partial charge on any atom is -0.383 e. The van der Waals surface area contributed by atoms with Crippen LogP contribution in [-0.4, -0.2) is 50.8 Å². The monoisotopic (exact) mass is 294 g/mol. The summed E-state index contributed by atoms with van der Waals surface area (Å²) in [4.78, 5) is 18.1. The van der Waals surface area contributed by atoms with Gasteiger partial charge in [0.2, 0.25) is 5.91 Å². The highest BCUT2D eigenvalue weighted by molar-refractivity contribution is 5.81. The number of carbonyl (C=O) groups excluding carboxylic acids is 1. The molecule has 1 heterocycles. The Morgan fingerprint density at radius 1 is 1.48 bits per heavy atom. The number of rotatable bonds is 9. The summed E-state index contributed by atoms with van der Waals surface area (Å²) in [6, 6.07) is 4.34. The third-order valence-electron chi connectivity index (χ3n) is 2.94. The molecule has 0 aliphatic heterocycles. The van der Waals surface area contributed by atoms with Crippen molar-refractivity contribution >= 4 is 11.7 Å². The Bertz CT molecular complexity index is 437. The van der Waals surface area contributed by atoms with E-state index in [1.54, 1.807) is 13.3 Å². The second kappa shape index (κ2) is 9.31. The van der Waals surface area contributed by atoms with E-state index < -0.39 is 0 Å². The lowest BCUT2D eigenvalue weighted by Gasteiger charge is -2.21. The topological polar surface area (TPSA) is 66.5 Å². The van der Waals surface area contributed by atoms with E-state index in [-0.39, 0.29) is 12.5 Å². The number of nitrogens with one attached hydrogen (secondary N) is 2. The molecule has 0 spiro atoms. The number of hydrogen-bond acceptors (Lipinski definition) is 5. The number of methoxy groups -OCH3 is 1. The first-order valence-electron chi connectivity index (χ1n) is 7.18. The molecule has 0 unspecified atom stereocenters. The molecule has 0 atom stereocenters. The summed E-state index contributed by atoms with van der Waals surface area (Å²) >= 11 is 0. The number of aromatic nitrogens is 1. The van der Waals surface area contributed by atoms with Crippen LogP contribution in [0.4, 0.5) is 5.82 Å². The maximum Gasteiger partial charge on any atom is 0.239 e. The van der Waals surface area contributed by atoms with Crippen LogP contribution in [0.15, 0.2) is 18.3 Å². The van der Waals surface area contributed by atoms with Gasteiger partial charge >= 0.3 is 0 Å². The van der Waals surface area contributed by atoms with Crippen LogP contribution in [0.2, 0.25) is 0 Å². The summed E-state index contributed by atoms with van der Waals surface area (Å²) in [6.07, 6.45) is 1.74. The van der Waals surface area contributed by atoms with Crippen LogP contribution >= 0.6 is 0 Å². The molecule has 0 aliphatic carbocycles. The van der Waals surface area contributed by atoms with Crippen molar-refractivity contribution in [2.45, 2.75) is 26.4 Å². The first-order valence-corrected chi connectivity index (χ1v) is 7.18. The number of carbonyl (C=O) groups is 1. The van der Waals surface area contributed by atoms with Gasteiger partial charge in [0, 0.05) is 45.0 Å². The molecule has 2 N–H and O–H groups in total. The molecule has 6 heteroatoms. The molecule has 0 radical (unpaired) electrons. The summed E-state index contributed by atoms with van der Waals surface area (Å²) in [5.74, 6) is 0.788. The Morgan fingerprint density at radius 3 is 2.90 bits per heavy atom. The Labute approximate surface area is 126 Å². The second-order valence-electron chi connectivity index (χ2n) is 5.22. The van der Waals surface area contributed by atoms with Gasteiger partial charge < -0.3 is 20.3 Å². The molecule has 21 heavy (non-hydrogen) atoms. The van der Waals surface area contributed by atoms with Crippen LogP contribution in [0.3, 0.4) is 0 Å². The lowest BCUT2D eigenvalue weighted by Crippen LogP contribution is -2.37. The lowest BCUT2D eigenvalue weighted by molar-refractivity contribution is -0.119. The van der Waals surface area contributed by atoms with Crippen LogP contribution in [0.25, 0.3) is 0 Å². The van der Waals surface area contributed by atoms with E-state index in [4.69, 9.17) is 4.74 Å². The van der Waals surface area contributed by atoms with Crippen molar-refractivity contribution in [3.05, 3.63) is 23.9 Å². The minimum atomic E-state index is -0.0389. The van der Waals surface area contributed by atoms with E-state index >= 15 is 0 Å². The summed E-state index contributed by atoms with van der Waals surface area (Å²) < 4.78 is 4.91. The molecule has 118 valence electrons. The van der Waals surface area contributed by atoms with Gasteiger partial charge in [-0.3, -0.25) is 4.79 Å². The Hall–Kier alpha value is -1.66. The van der Waals surface area contributed by atoms with Crippen LogP contribution in [0, 0.1) is 0 Å². The van der Waals surface area contributed by atoms with Crippen LogP contribution in [0.5, 0.6) is 0 Å². The fourth-order valence-corrected chi connectivity index (χ4v) is 1.86.